The van der Waals surface area contributed by atoms with Crippen molar-refractivity contribution in [2.24, 2.45) is 0 Å². The lowest BCUT2D eigenvalue weighted by molar-refractivity contribution is 0.0738. The Morgan fingerprint density at radius 1 is 1.11 bits per heavy atom. The highest BCUT2D eigenvalue weighted by Gasteiger charge is 2.25. The van der Waals surface area contributed by atoms with Crippen molar-refractivity contribution in [3.8, 4) is 16.3 Å². The fourth-order valence-corrected chi connectivity index (χ4v) is 4.20. The van der Waals surface area contributed by atoms with Crippen LogP contribution in [0.25, 0.3) is 10.6 Å². The smallest absolute Gasteiger partial charge is 0.266 e. The third-order valence-electron chi connectivity index (χ3n) is 4.50. The van der Waals surface area contributed by atoms with E-state index in [0.29, 0.717) is 18.0 Å². The highest BCUT2D eigenvalue weighted by molar-refractivity contribution is 7.17. The molecule has 0 fully saturated rings. The zero-order valence-corrected chi connectivity index (χ0v) is 16.7. The van der Waals surface area contributed by atoms with Gasteiger partial charge in [0.15, 0.2) is 0 Å². The summed E-state index contributed by atoms with van der Waals surface area (Å²) in [4.78, 5) is 20.2. The van der Waals surface area contributed by atoms with E-state index in [0.717, 1.165) is 33.8 Å². The predicted molar refractivity (Wildman–Crippen MR) is 110 cm³/mol. The average Bonchev–Trinajstić information content (AvgIpc) is 3.11. The number of phenols is 1. The number of hydrogen-bond acceptors (Lipinski definition) is 4. The minimum absolute atomic E-state index is 0.0379. The summed E-state index contributed by atoms with van der Waals surface area (Å²) in [7, 11) is 0. The fraction of sp³-hybridized carbons (Fsp3) is 0.273. The number of aryl methyl sites for hydroxylation is 1. The van der Waals surface area contributed by atoms with Crippen molar-refractivity contribution in [1.29, 1.82) is 0 Å². The number of hydrogen-bond donors (Lipinski definition) is 1. The van der Waals surface area contributed by atoms with Crippen LogP contribution in [0.2, 0.25) is 0 Å². The number of carbonyl (C=O) groups excluding carboxylic acids is 1. The molecule has 0 unspecified atom stereocenters. The van der Waals surface area contributed by atoms with E-state index in [2.05, 4.69) is 4.98 Å². The topological polar surface area (TPSA) is 53.4 Å². The number of benzene rings is 2. The van der Waals surface area contributed by atoms with Crippen LogP contribution in [0.1, 0.15) is 40.3 Å². The number of rotatable bonds is 2. The highest BCUT2D eigenvalue weighted by atomic mass is 32.1. The monoisotopic (exact) mass is 380 g/mol. The van der Waals surface area contributed by atoms with Crippen LogP contribution in [0.4, 0.5) is 0 Å². The molecule has 1 N–H and O–H groups in total. The van der Waals surface area contributed by atoms with E-state index in [9.17, 15) is 9.90 Å². The van der Waals surface area contributed by atoms with Gasteiger partial charge in [-0.1, -0.05) is 50.2 Å². The summed E-state index contributed by atoms with van der Waals surface area (Å²) in [6, 6.07) is 15.3. The maximum absolute atomic E-state index is 13.0. The summed E-state index contributed by atoms with van der Waals surface area (Å²) >= 11 is 1.46. The average molecular weight is 381 g/mol. The van der Waals surface area contributed by atoms with Gasteiger partial charge in [0.05, 0.1) is 5.69 Å². The number of thiazole rings is 1. The number of amides is 1. The highest BCUT2D eigenvalue weighted by Crippen LogP contribution is 2.30. The molecule has 0 saturated heterocycles. The van der Waals surface area contributed by atoms with Crippen LogP contribution < -0.4 is 0 Å². The Bertz CT molecular complexity index is 935. The normalized spacial score (nSPS) is 12.8. The molecule has 0 radical (unpaired) electrons. The Labute approximate surface area is 164 Å². The Morgan fingerprint density at radius 3 is 2.59 bits per heavy atom. The SMILES string of the molecule is CC.Cc1nc(-c2ccccc2)sc1C(=O)N1CCc2cc(O)ccc2C1. The van der Waals surface area contributed by atoms with Gasteiger partial charge in [0.25, 0.3) is 5.91 Å². The van der Waals surface area contributed by atoms with E-state index in [1.54, 1.807) is 12.1 Å². The Morgan fingerprint density at radius 2 is 1.85 bits per heavy atom. The molecule has 2 heterocycles. The maximum Gasteiger partial charge on any atom is 0.266 e. The lowest BCUT2D eigenvalue weighted by atomic mass is 9.99. The van der Waals surface area contributed by atoms with Crippen LogP contribution in [0.15, 0.2) is 48.5 Å². The molecule has 0 bridgehead atoms. The standard InChI is InChI=1S/C20H18N2O2S.C2H6/c1-13-18(25-19(21-13)14-5-3-2-4-6-14)20(24)22-10-9-15-11-17(23)8-7-16(15)12-22;1-2/h2-8,11,23H,9-10,12H2,1H3;1-2H3. The quantitative estimate of drug-likeness (QED) is 0.677. The lowest BCUT2D eigenvalue weighted by Gasteiger charge is -2.28. The number of aromatic hydroxyl groups is 1. The molecule has 3 aromatic rings. The van der Waals surface area contributed by atoms with Crippen LogP contribution >= 0.6 is 11.3 Å². The Hall–Kier alpha value is -2.66. The van der Waals surface area contributed by atoms with Crippen molar-refractivity contribution in [2.45, 2.75) is 33.7 Å². The molecule has 0 atom stereocenters. The van der Waals surface area contributed by atoms with Gasteiger partial charge in [-0.15, -0.1) is 11.3 Å². The van der Waals surface area contributed by atoms with E-state index < -0.39 is 0 Å². The third-order valence-corrected chi connectivity index (χ3v) is 5.70. The van der Waals surface area contributed by atoms with Gasteiger partial charge in [-0.25, -0.2) is 4.98 Å². The first-order valence-corrected chi connectivity index (χ1v) is 10.1. The predicted octanol–water partition coefficient (Wildman–Crippen LogP) is 5.05. The number of aromatic nitrogens is 1. The number of fused-ring (bicyclic) bond motifs is 1. The molecule has 1 aromatic heterocycles. The molecule has 0 aliphatic carbocycles. The van der Waals surface area contributed by atoms with Crippen molar-refractivity contribution < 1.29 is 9.90 Å². The van der Waals surface area contributed by atoms with E-state index in [4.69, 9.17) is 0 Å². The summed E-state index contributed by atoms with van der Waals surface area (Å²) in [5, 5.41) is 10.5. The zero-order chi connectivity index (χ0) is 19.4. The van der Waals surface area contributed by atoms with Crippen LogP contribution in [0.3, 0.4) is 0 Å². The summed E-state index contributed by atoms with van der Waals surface area (Å²) < 4.78 is 0. The number of nitrogens with zero attached hydrogens (tertiary/aromatic N) is 2. The van der Waals surface area contributed by atoms with Crippen LogP contribution in [-0.4, -0.2) is 27.4 Å². The second kappa shape index (κ2) is 8.35. The third kappa shape index (κ3) is 4.03. The minimum Gasteiger partial charge on any atom is -0.508 e. The van der Waals surface area contributed by atoms with Gasteiger partial charge in [0.1, 0.15) is 15.6 Å². The molecular weight excluding hydrogens is 356 g/mol. The van der Waals surface area contributed by atoms with E-state index >= 15 is 0 Å². The molecule has 0 spiro atoms. The molecule has 4 nitrogen and oxygen atoms in total. The summed E-state index contributed by atoms with van der Waals surface area (Å²) in [5.74, 6) is 0.320. The number of carbonyl (C=O) groups is 1. The van der Waals surface area contributed by atoms with Gasteiger partial charge in [0.2, 0.25) is 0 Å². The fourth-order valence-electron chi connectivity index (χ4n) is 3.16. The largest absolute Gasteiger partial charge is 0.508 e. The van der Waals surface area contributed by atoms with Crippen molar-refractivity contribution in [1.82, 2.24) is 9.88 Å². The van der Waals surface area contributed by atoms with E-state index in [1.807, 2.05) is 62.1 Å². The first kappa shape index (κ1) is 19.1. The molecule has 1 amide bonds. The van der Waals surface area contributed by atoms with E-state index in [-0.39, 0.29) is 11.7 Å². The van der Waals surface area contributed by atoms with Gasteiger partial charge in [-0.3, -0.25) is 4.79 Å². The molecule has 4 rings (SSSR count). The summed E-state index contributed by atoms with van der Waals surface area (Å²) in [5.41, 5.74) is 4.04. The van der Waals surface area contributed by atoms with Crippen LogP contribution in [0, 0.1) is 6.92 Å². The molecule has 1 aliphatic rings. The molecule has 5 heteroatoms. The molecule has 140 valence electrons. The first-order chi connectivity index (χ1) is 13.1. The van der Waals surface area contributed by atoms with Gasteiger partial charge < -0.3 is 10.0 Å². The van der Waals surface area contributed by atoms with Crippen molar-refractivity contribution >= 4 is 17.2 Å². The molecular formula is C22H24N2O2S. The van der Waals surface area contributed by atoms with Gasteiger partial charge in [0, 0.05) is 18.7 Å². The van der Waals surface area contributed by atoms with Crippen molar-refractivity contribution in [3.05, 3.63) is 70.2 Å². The molecule has 0 saturated carbocycles. The summed E-state index contributed by atoms with van der Waals surface area (Å²) in [6.07, 6.45) is 0.763. The van der Waals surface area contributed by atoms with Crippen molar-refractivity contribution in [3.63, 3.8) is 0 Å². The van der Waals surface area contributed by atoms with E-state index in [1.165, 1.54) is 11.3 Å². The zero-order valence-electron chi connectivity index (χ0n) is 15.9. The van der Waals surface area contributed by atoms with Crippen LogP contribution in [-0.2, 0) is 13.0 Å². The minimum atomic E-state index is 0.0379. The molecule has 2 aromatic carbocycles. The second-order valence-corrected chi connectivity index (χ2v) is 7.23. The van der Waals surface area contributed by atoms with Gasteiger partial charge in [-0.2, -0.15) is 0 Å². The lowest BCUT2D eigenvalue weighted by Crippen LogP contribution is -2.35. The Balaban J connectivity index is 0.00000102. The summed E-state index contributed by atoms with van der Waals surface area (Å²) in [6.45, 7) is 7.13. The van der Waals surface area contributed by atoms with Gasteiger partial charge >= 0.3 is 0 Å². The van der Waals surface area contributed by atoms with Crippen LogP contribution in [0.5, 0.6) is 5.75 Å². The maximum atomic E-state index is 13.0. The Kier molecular flexibility index (Phi) is 5.91. The molecule has 1 aliphatic heterocycles. The molecule has 27 heavy (non-hydrogen) atoms. The second-order valence-electron chi connectivity index (χ2n) is 6.23. The van der Waals surface area contributed by atoms with Crippen molar-refractivity contribution in [2.75, 3.05) is 6.54 Å². The number of phenolic OH excluding ortho intramolecular Hbond substituents is 1. The first-order valence-electron chi connectivity index (χ1n) is 9.25. The van der Waals surface area contributed by atoms with Gasteiger partial charge in [-0.05, 0) is 36.6 Å².